The van der Waals surface area contributed by atoms with Crippen LogP contribution in [0.25, 0.3) is 0 Å². The van der Waals surface area contributed by atoms with E-state index in [4.69, 9.17) is 4.74 Å². The van der Waals surface area contributed by atoms with Gasteiger partial charge in [0.1, 0.15) is 5.75 Å². The standard InChI is InChI=1S/C14H11Br3OS/c15-12-7-10(14(17)19-12)13(16)9-5-6-18-11-4-2-1-3-8(9)11/h1-4,7,9,13H,5-6H2. The largest absolute Gasteiger partial charge is 0.493 e. The molecule has 3 rings (SSSR count). The van der Waals surface area contributed by atoms with E-state index in [1.807, 2.05) is 6.07 Å². The minimum absolute atomic E-state index is 0.300. The van der Waals surface area contributed by atoms with Crippen LogP contribution in [0.15, 0.2) is 37.9 Å². The van der Waals surface area contributed by atoms with Crippen LogP contribution in [-0.2, 0) is 0 Å². The maximum Gasteiger partial charge on any atom is 0.122 e. The van der Waals surface area contributed by atoms with E-state index >= 15 is 0 Å². The van der Waals surface area contributed by atoms with E-state index in [0.717, 1.165) is 22.6 Å². The van der Waals surface area contributed by atoms with Crippen molar-refractivity contribution >= 4 is 59.1 Å². The van der Waals surface area contributed by atoms with Crippen molar-refractivity contribution in [2.75, 3.05) is 6.61 Å². The van der Waals surface area contributed by atoms with Gasteiger partial charge in [-0.1, -0.05) is 34.1 Å². The first kappa shape index (κ1) is 14.1. The van der Waals surface area contributed by atoms with E-state index in [1.54, 1.807) is 11.3 Å². The van der Waals surface area contributed by atoms with Crippen molar-refractivity contribution in [1.29, 1.82) is 0 Å². The van der Waals surface area contributed by atoms with Gasteiger partial charge in [0.25, 0.3) is 0 Å². The topological polar surface area (TPSA) is 9.23 Å². The first-order chi connectivity index (χ1) is 9.16. The number of thiophene rings is 1. The maximum absolute atomic E-state index is 5.74. The Morgan fingerprint density at radius 2 is 2.05 bits per heavy atom. The van der Waals surface area contributed by atoms with Gasteiger partial charge in [-0.3, -0.25) is 0 Å². The molecular formula is C14H11Br3OS. The summed E-state index contributed by atoms with van der Waals surface area (Å²) in [6, 6.07) is 10.5. The highest BCUT2D eigenvalue weighted by molar-refractivity contribution is 9.12. The molecule has 1 aliphatic rings. The lowest BCUT2D eigenvalue weighted by molar-refractivity contribution is 0.266. The van der Waals surface area contributed by atoms with E-state index in [-0.39, 0.29) is 0 Å². The van der Waals surface area contributed by atoms with Crippen molar-refractivity contribution in [2.45, 2.75) is 17.2 Å². The summed E-state index contributed by atoms with van der Waals surface area (Å²) in [6.45, 7) is 0.784. The smallest absolute Gasteiger partial charge is 0.122 e. The van der Waals surface area contributed by atoms with E-state index < -0.39 is 0 Å². The van der Waals surface area contributed by atoms with Gasteiger partial charge in [-0.2, -0.15) is 0 Å². The Kier molecular flexibility index (Phi) is 4.37. The predicted molar refractivity (Wildman–Crippen MR) is 90.7 cm³/mol. The number of alkyl halides is 1. The average Bonchev–Trinajstić information content (AvgIpc) is 2.76. The van der Waals surface area contributed by atoms with Gasteiger partial charge in [-0.05, 0) is 61.5 Å². The Labute approximate surface area is 141 Å². The Bertz CT molecular complexity index is 596. The van der Waals surface area contributed by atoms with Crippen molar-refractivity contribution in [3.63, 3.8) is 0 Å². The van der Waals surface area contributed by atoms with Crippen LogP contribution in [0.1, 0.15) is 28.3 Å². The SMILES string of the molecule is Brc1cc(C(Br)C2CCOc3ccccc32)c(Br)s1. The van der Waals surface area contributed by atoms with Crippen LogP contribution >= 0.6 is 59.1 Å². The fourth-order valence-electron chi connectivity index (χ4n) is 2.43. The monoisotopic (exact) mass is 464 g/mol. The third-order valence-electron chi connectivity index (χ3n) is 3.34. The molecule has 0 fully saturated rings. The Balaban J connectivity index is 1.97. The molecule has 1 aliphatic heterocycles. The van der Waals surface area contributed by atoms with Gasteiger partial charge in [0.15, 0.2) is 0 Å². The first-order valence-corrected chi connectivity index (χ1v) is 9.29. The van der Waals surface area contributed by atoms with E-state index in [2.05, 4.69) is 72.1 Å². The quantitative estimate of drug-likeness (QED) is 0.473. The summed E-state index contributed by atoms with van der Waals surface area (Å²) in [4.78, 5) is 0.300. The minimum Gasteiger partial charge on any atom is -0.493 e. The molecule has 2 unspecified atom stereocenters. The molecule has 2 atom stereocenters. The molecule has 2 aromatic rings. The second-order valence-corrected chi connectivity index (χ2v) is 9.20. The number of halogens is 3. The van der Waals surface area contributed by atoms with Crippen LogP contribution in [-0.4, -0.2) is 6.61 Å². The van der Waals surface area contributed by atoms with Gasteiger partial charge in [0, 0.05) is 10.7 Å². The summed E-state index contributed by atoms with van der Waals surface area (Å²) in [5, 5.41) is 0. The lowest BCUT2D eigenvalue weighted by Crippen LogP contribution is -2.17. The molecule has 2 heterocycles. The van der Waals surface area contributed by atoms with Crippen LogP contribution in [0.3, 0.4) is 0 Å². The van der Waals surface area contributed by atoms with Gasteiger partial charge in [0.2, 0.25) is 0 Å². The Morgan fingerprint density at radius 1 is 1.26 bits per heavy atom. The van der Waals surface area contributed by atoms with E-state index in [0.29, 0.717) is 10.7 Å². The van der Waals surface area contributed by atoms with Gasteiger partial charge >= 0.3 is 0 Å². The molecular weight excluding hydrogens is 456 g/mol. The molecule has 0 N–H and O–H groups in total. The average molecular weight is 467 g/mol. The number of ether oxygens (including phenoxy) is 1. The zero-order valence-electron chi connectivity index (χ0n) is 9.91. The van der Waals surface area contributed by atoms with Crippen molar-refractivity contribution in [3.05, 3.63) is 49.0 Å². The van der Waals surface area contributed by atoms with Gasteiger partial charge in [-0.15, -0.1) is 11.3 Å². The molecule has 0 aliphatic carbocycles. The van der Waals surface area contributed by atoms with Crippen molar-refractivity contribution < 1.29 is 4.74 Å². The number of hydrogen-bond donors (Lipinski definition) is 0. The zero-order chi connectivity index (χ0) is 13.4. The molecule has 0 spiro atoms. The lowest BCUT2D eigenvalue weighted by Gasteiger charge is -2.29. The molecule has 5 heteroatoms. The zero-order valence-corrected chi connectivity index (χ0v) is 15.5. The molecule has 1 aromatic carbocycles. The van der Waals surface area contributed by atoms with Crippen LogP contribution < -0.4 is 4.74 Å². The molecule has 0 saturated carbocycles. The van der Waals surface area contributed by atoms with Gasteiger partial charge in [0.05, 0.1) is 14.2 Å². The highest BCUT2D eigenvalue weighted by Gasteiger charge is 2.30. The van der Waals surface area contributed by atoms with Crippen molar-refractivity contribution in [2.24, 2.45) is 0 Å². The molecule has 1 nitrogen and oxygen atoms in total. The Morgan fingerprint density at radius 3 is 2.79 bits per heavy atom. The fraction of sp³-hybridized carbons (Fsp3) is 0.286. The fourth-order valence-corrected chi connectivity index (χ4v) is 6.73. The van der Waals surface area contributed by atoms with E-state index in [1.165, 1.54) is 14.9 Å². The number of benzene rings is 1. The second-order valence-electron chi connectivity index (χ2n) is 4.46. The first-order valence-electron chi connectivity index (χ1n) is 5.97. The van der Waals surface area contributed by atoms with Crippen molar-refractivity contribution in [1.82, 2.24) is 0 Å². The summed E-state index contributed by atoms with van der Waals surface area (Å²) < 4.78 is 8.07. The predicted octanol–water partition coefficient (Wildman–Crippen LogP) is 6.28. The molecule has 0 radical (unpaired) electrons. The van der Waals surface area contributed by atoms with Crippen LogP contribution in [0.5, 0.6) is 5.75 Å². The number of fused-ring (bicyclic) bond motifs is 1. The third-order valence-corrected chi connectivity index (χ3v) is 6.86. The summed E-state index contributed by atoms with van der Waals surface area (Å²) >= 11 is 12.8. The number of hydrogen-bond acceptors (Lipinski definition) is 2. The summed E-state index contributed by atoms with van der Waals surface area (Å²) in [5.74, 6) is 1.47. The Hall–Kier alpha value is 0.160. The minimum atomic E-state index is 0.300. The molecule has 100 valence electrons. The molecule has 0 saturated heterocycles. The highest BCUT2D eigenvalue weighted by Crippen LogP contribution is 2.49. The molecule has 19 heavy (non-hydrogen) atoms. The summed E-state index contributed by atoms with van der Waals surface area (Å²) in [7, 11) is 0. The van der Waals surface area contributed by atoms with Gasteiger partial charge in [-0.25, -0.2) is 0 Å². The van der Waals surface area contributed by atoms with Crippen LogP contribution in [0, 0.1) is 0 Å². The van der Waals surface area contributed by atoms with E-state index in [9.17, 15) is 0 Å². The van der Waals surface area contributed by atoms with Crippen LogP contribution in [0.2, 0.25) is 0 Å². The second kappa shape index (κ2) is 5.88. The summed E-state index contributed by atoms with van der Waals surface area (Å²) in [6.07, 6.45) is 1.03. The van der Waals surface area contributed by atoms with Crippen LogP contribution in [0.4, 0.5) is 0 Å². The molecule has 0 bridgehead atoms. The highest BCUT2D eigenvalue weighted by atomic mass is 79.9. The maximum atomic E-state index is 5.74. The van der Waals surface area contributed by atoms with Crippen molar-refractivity contribution in [3.8, 4) is 5.75 Å². The lowest BCUT2D eigenvalue weighted by atomic mass is 9.88. The normalized spacial score (nSPS) is 19.6. The summed E-state index contributed by atoms with van der Waals surface area (Å²) in [5.41, 5.74) is 2.60. The third kappa shape index (κ3) is 2.80. The number of para-hydroxylation sites is 1. The number of rotatable bonds is 2. The van der Waals surface area contributed by atoms with Gasteiger partial charge < -0.3 is 4.74 Å². The molecule has 0 amide bonds. The molecule has 1 aromatic heterocycles.